The van der Waals surface area contributed by atoms with Crippen LogP contribution in [0.15, 0.2) is 24.3 Å². The summed E-state index contributed by atoms with van der Waals surface area (Å²) in [6.07, 6.45) is -0.287. The lowest BCUT2D eigenvalue weighted by atomic mass is 10.1. The summed E-state index contributed by atoms with van der Waals surface area (Å²) < 4.78 is 0. The maximum atomic E-state index is 12.0. The summed E-state index contributed by atoms with van der Waals surface area (Å²) in [5.41, 5.74) is 1.37. The SMILES string of the molecule is CC(O)c1cccc(NC(=O)N(C)C(C)CC#N)c1. The van der Waals surface area contributed by atoms with E-state index >= 15 is 0 Å². The molecule has 0 fully saturated rings. The predicted octanol–water partition coefficient (Wildman–Crippen LogP) is 2.51. The van der Waals surface area contributed by atoms with Crippen LogP contribution in [0.4, 0.5) is 10.5 Å². The molecule has 1 rings (SSSR count). The summed E-state index contributed by atoms with van der Waals surface area (Å²) in [7, 11) is 1.65. The van der Waals surface area contributed by atoms with Gasteiger partial charge in [-0.1, -0.05) is 12.1 Å². The molecule has 0 radical (unpaired) electrons. The number of nitrogens with one attached hydrogen (secondary N) is 1. The summed E-state index contributed by atoms with van der Waals surface area (Å²) in [4.78, 5) is 13.4. The molecule has 0 aliphatic carbocycles. The van der Waals surface area contributed by atoms with E-state index in [9.17, 15) is 9.90 Å². The fourth-order valence-electron chi connectivity index (χ4n) is 1.56. The van der Waals surface area contributed by atoms with E-state index in [4.69, 9.17) is 5.26 Å². The fourth-order valence-corrected chi connectivity index (χ4v) is 1.56. The molecule has 2 atom stereocenters. The molecule has 0 heterocycles. The van der Waals surface area contributed by atoms with E-state index in [1.165, 1.54) is 4.90 Å². The Labute approximate surface area is 113 Å². The number of anilines is 1. The minimum atomic E-state index is -0.577. The summed E-state index contributed by atoms with van der Waals surface area (Å²) in [5, 5.41) is 20.9. The van der Waals surface area contributed by atoms with Crippen molar-refractivity contribution in [3.05, 3.63) is 29.8 Å². The molecule has 0 saturated carbocycles. The Kier molecular flexibility index (Phi) is 5.34. The monoisotopic (exact) mass is 261 g/mol. The first-order valence-electron chi connectivity index (χ1n) is 6.14. The zero-order chi connectivity index (χ0) is 14.4. The zero-order valence-electron chi connectivity index (χ0n) is 11.4. The first-order valence-corrected chi connectivity index (χ1v) is 6.14. The number of nitrogens with zero attached hydrogens (tertiary/aromatic N) is 2. The Morgan fingerprint density at radius 1 is 1.53 bits per heavy atom. The van der Waals surface area contributed by atoms with E-state index in [1.807, 2.05) is 13.0 Å². The van der Waals surface area contributed by atoms with Crippen molar-refractivity contribution in [2.75, 3.05) is 12.4 Å². The molecule has 2 N–H and O–H groups in total. The maximum absolute atomic E-state index is 12.0. The van der Waals surface area contributed by atoms with Gasteiger partial charge in [-0.15, -0.1) is 0 Å². The maximum Gasteiger partial charge on any atom is 0.321 e. The van der Waals surface area contributed by atoms with Crippen LogP contribution in [0.1, 0.15) is 31.9 Å². The second-order valence-electron chi connectivity index (χ2n) is 4.55. The smallest absolute Gasteiger partial charge is 0.321 e. The molecule has 102 valence electrons. The number of carbonyl (C=O) groups excluding carboxylic acids is 1. The van der Waals surface area contributed by atoms with Crippen molar-refractivity contribution in [2.24, 2.45) is 0 Å². The van der Waals surface area contributed by atoms with Crippen LogP contribution in [0.5, 0.6) is 0 Å². The van der Waals surface area contributed by atoms with Crippen LogP contribution in [0, 0.1) is 11.3 Å². The highest BCUT2D eigenvalue weighted by Gasteiger charge is 2.15. The van der Waals surface area contributed by atoms with Gasteiger partial charge in [-0.3, -0.25) is 0 Å². The van der Waals surface area contributed by atoms with Crippen LogP contribution in [-0.2, 0) is 0 Å². The predicted molar refractivity (Wildman–Crippen MR) is 73.5 cm³/mol. The first kappa shape index (κ1) is 15.0. The lowest BCUT2D eigenvalue weighted by Gasteiger charge is -2.23. The molecule has 0 saturated heterocycles. The van der Waals surface area contributed by atoms with Crippen molar-refractivity contribution in [2.45, 2.75) is 32.4 Å². The third kappa shape index (κ3) is 4.27. The standard InChI is InChI=1S/C14H19N3O2/c1-10(7-8-15)17(3)14(19)16-13-6-4-5-12(9-13)11(2)18/h4-6,9-11,18H,7H2,1-3H3,(H,16,19). The van der Waals surface area contributed by atoms with Gasteiger partial charge >= 0.3 is 6.03 Å². The molecule has 0 aliphatic heterocycles. The second-order valence-corrected chi connectivity index (χ2v) is 4.55. The average Bonchev–Trinajstić information content (AvgIpc) is 2.38. The number of hydrogen-bond donors (Lipinski definition) is 2. The fraction of sp³-hybridized carbons (Fsp3) is 0.429. The summed E-state index contributed by atoms with van der Waals surface area (Å²) in [6, 6.07) is 8.67. The van der Waals surface area contributed by atoms with Gasteiger partial charge in [-0.25, -0.2) is 4.79 Å². The van der Waals surface area contributed by atoms with E-state index in [0.717, 1.165) is 5.56 Å². The van der Waals surface area contributed by atoms with Crippen molar-refractivity contribution in [3.63, 3.8) is 0 Å². The summed E-state index contributed by atoms with van der Waals surface area (Å²) >= 11 is 0. The number of aliphatic hydroxyl groups excluding tert-OH is 1. The van der Waals surface area contributed by atoms with Gasteiger partial charge in [0.05, 0.1) is 18.6 Å². The number of benzene rings is 1. The Morgan fingerprint density at radius 3 is 2.79 bits per heavy atom. The molecule has 0 bridgehead atoms. The van der Waals surface area contributed by atoms with E-state index in [0.29, 0.717) is 5.69 Å². The lowest BCUT2D eigenvalue weighted by molar-refractivity contribution is 0.199. The van der Waals surface area contributed by atoms with E-state index < -0.39 is 6.10 Å². The van der Waals surface area contributed by atoms with Gasteiger partial charge in [0.15, 0.2) is 0 Å². The molecule has 1 aromatic carbocycles. The highest BCUT2D eigenvalue weighted by molar-refractivity contribution is 5.89. The molecule has 1 aromatic rings. The third-order valence-electron chi connectivity index (χ3n) is 2.99. The molecule has 2 amide bonds. The van der Waals surface area contributed by atoms with Crippen molar-refractivity contribution >= 4 is 11.7 Å². The van der Waals surface area contributed by atoms with Crippen LogP contribution >= 0.6 is 0 Å². The van der Waals surface area contributed by atoms with Crippen molar-refractivity contribution < 1.29 is 9.90 Å². The normalized spacial score (nSPS) is 13.2. The lowest BCUT2D eigenvalue weighted by Crippen LogP contribution is -2.38. The van der Waals surface area contributed by atoms with Crippen LogP contribution in [-0.4, -0.2) is 29.1 Å². The Hall–Kier alpha value is -2.06. The number of nitriles is 1. The number of rotatable bonds is 4. The summed E-state index contributed by atoms with van der Waals surface area (Å²) in [6.45, 7) is 3.48. The van der Waals surface area contributed by atoms with Gasteiger partial charge in [0, 0.05) is 18.8 Å². The molecule has 0 aromatic heterocycles. The number of carbonyl (C=O) groups is 1. The highest BCUT2D eigenvalue weighted by atomic mass is 16.3. The minimum absolute atomic E-state index is 0.148. The Balaban J connectivity index is 2.72. The molecule has 19 heavy (non-hydrogen) atoms. The van der Waals surface area contributed by atoms with E-state index in [-0.39, 0.29) is 18.5 Å². The third-order valence-corrected chi connectivity index (χ3v) is 2.99. The van der Waals surface area contributed by atoms with Crippen LogP contribution in [0.2, 0.25) is 0 Å². The molecule has 2 unspecified atom stereocenters. The molecule has 0 aliphatic rings. The second kappa shape index (κ2) is 6.76. The number of amides is 2. The van der Waals surface area contributed by atoms with Crippen LogP contribution in [0.25, 0.3) is 0 Å². The van der Waals surface area contributed by atoms with Crippen molar-refractivity contribution in [1.82, 2.24) is 4.90 Å². The minimum Gasteiger partial charge on any atom is -0.389 e. The van der Waals surface area contributed by atoms with Gasteiger partial charge in [-0.05, 0) is 31.5 Å². The first-order chi connectivity index (χ1) is 8.95. The van der Waals surface area contributed by atoms with Gasteiger partial charge in [0.25, 0.3) is 0 Å². The molecular weight excluding hydrogens is 242 g/mol. The number of hydrogen-bond acceptors (Lipinski definition) is 3. The molecule has 5 nitrogen and oxygen atoms in total. The topological polar surface area (TPSA) is 76.4 Å². The van der Waals surface area contributed by atoms with Gasteiger partial charge in [-0.2, -0.15) is 5.26 Å². The summed E-state index contributed by atoms with van der Waals surface area (Å²) in [5.74, 6) is 0. The Morgan fingerprint density at radius 2 is 2.21 bits per heavy atom. The zero-order valence-corrected chi connectivity index (χ0v) is 11.4. The van der Waals surface area contributed by atoms with Crippen molar-refractivity contribution in [3.8, 4) is 6.07 Å². The number of urea groups is 1. The molecule has 0 spiro atoms. The van der Waals surface area contributed by atoms with Crippen LogP contribution < -0.4 is 5.32 Å². The van der Waals surface area contributed by atoms with Gasteiger partial charge in [0.1, 0.15) is 0 Å². The van der Waals surface area contributed by atoms with Crippen molar-refractivity contribution in [1.29, 1.82) is 5.26 Å². The quantitative estimate of drug-likeness (QED) is 0.874. The Bertz CT molecular complexity index is 480. The highest BCUT2D eigenvalue weighted by Crippen LogP contribution is 2.17. The average molecular weight is 261 g/mol. The van der Waals surface area contributed by atoms with E-state index in [1.54, 1.807) is 38.2 Å². The molecule has 5 heteroatoms. The largest absolute Gasteiger partial charge is 0.389 e. The van der Waals surface area contributed by atoms with Gasteiger partial charge in [0.2, 0.25) is 0 Å². The number of aliphatic hydroxyl groups is 1. The van der Waals surface area contributed by atoms with Crippen LogP contribution in [0.3, 0.4) is 0 Å². The van der Waals surface area contributed by atoms with E-state index in [2.05, 4.69) is 5.32 Å². The molecular formula is C14H19N3O2. The van der Waals surface area contributed by atoms with Gasteiger partial charge < -0.3 is 15.3 Å².